The second-order valence-corrected chi connectivity index (χ2v) is 4.51. The number of aromatic nitrogens is 3. The molecule has 0 amide bonds. The van der Waals surface area contributed by atoms with Crippen molar-refractivity contribution in [1.29, 1.82) is 0 Å². The van der Waals surface area contributed by atoms with Gasteiger partial charge in [-0.05, 0) is 30.9 Å². The molecule has 6 heteroatoms. The Bertz CT molecular complexity index is 370. The van der Waals surface area contributed by atoms with E-state index in [4.69, 9.17) is 16.3 Å². The molecule has 1 N–H and O–H groups in total. The Morgan fingerprint density at radius 2 is 2.18 bits per heavy atom. The molecule has 0 unspecified atom stereocenters. The summed E-state index contributed by atoms with van der Waals surface area (Å²) in [7, 11) is 0. The zero-order chi connectivity index (χ0) is 12.1. The number of nitrogens with zero attached hydrogens (tertiary/aromatic N) is 3. The van der Waals surface area contributed by atoms with Gasteiger partial charge in [0.15, 0.2) is 0 Å². The lowest BCUT2D eigenvalue weighted by atomic mass is 9.83. The van der Waals surface area contributed by atoms with E-state index in [1.54, 1.807) is 0 Å². The highest BCUT2D eigenvalue weighted by molar-refractivity contribution is 6.28. The predicted molar refractivity (Wildman–Crippen MR) is 66.5 cm³/mol. The second kappa shape index (κ2) is 6.00. The third-order valence-electron chi connectivity index (χ3n) is 2.90. The van der Waals surface area contributed by atoms with Crippen molar-refractivity contribution in [1.82, 2.24) is 15.0 Å². The van der Waals surface area contributed by atoms with Gasteiger partial charge in [-0.25, -0.2) is 0 Å². The number of ether oxygens (including phenoxy) is 1. The molecular weight excluding hydrogens is 240 g/mol. The average molecular weight is 257 g/mol. The van der Waals surface area contributed by atoms with E-state index < -0.39 is 0 Å². The van der Waals surface area contributed by atoms with Crippen LogP contribution in [-0.2, 0) is 0 Å². The fraction of sp³-hybridized carbons (Fsp3) is 0.727. The molecule has 2 rings (SSSR count). The van der Waals surface area contributed by atoms with Crippen molar-refractivity contribution in [2.75, 3.05) is 18.5 Å². The molecule has 1 fully saturated rings. The maximum Gasteiger partial charge on any atom is 0.322 e. The summed E-state index contributed by atoms with van der Waals surface area (Å²) >= 11 is 5.78. The molecule has 0 aromatic carbocycles. The molecule has 0 aliphatic heterocycles. The molecule has 5 nitrogen and oxygen atoms in total. The van der Waals surface area contributed by atoms with Crippen LogP contribution in [0.5, 0.6) is 6.01 Å². The Balaban J connectivity index is 1.85. The van der Waals surface area contributed by atoms with Gasteiger partial charge in [-0.15, -0.1) is 0 Å². The van der Waals surface area contributed by atoms with Gasteiger partial charge in [0.05, 0.1) is 6.61 Å². The van der Waals surface area contributed by atoms with Crippen LogP contribution < -0.4 is 10.1 Å². The normalized spacial score (nSPS) is 15.4. The Labute approximate surface area is 106 Å². The first kappa shape index (κ1) is 12.4. The number of nitrogens with one attached hydrogen (secondary N) is 1. The van der Waals surface area contributed by atoms with Gasteiger partial charge in [0.2, 0.25) is 11.2 Å². The number of anilines is 1. The Hall–Kier alpha value is -1.10. The van der Waals surface area contributed by atoms with Crippen LogP contribution in [0, 0.1) is 5.92 Å². The van der Waals surface area contributed by atoms with Crippen LogP contribution in [0.2, 0.25) is 5.28 Å². The fourth-order valence-corrected chi connectivity index (χ4v) is 1.88. The zero-order valence-corrected chi connectivity index (χ0v) is 10.7. The molecule has 1 aliphatic rings. The van der Waals surface area contributed by atoms with Gasteiger partial charge in [-0.2, -0.15) is 15.0 Å². The Morgan fingerprint density at radius 1 is 1.35 bits per heavy atom. The standard InChI is InChI=1S/C11H17ClN4O/c1-2-13-10-14-9(12)15-11(16-10)17-7-6-8-4-3-5-8/h8H,2-7H2,1H3,(H,13,14,15,16). The predicted octanol–water partition coefficient (Wildman–Crippen LogP) is 2.53. The third-order valence-corrected chi connectivity index (χ3v) is 3.07. The van der Waals surface area contributed by atoms with Crippen LogP contribution in [0.15, 0.2) is 0 Å². The van der Waals surface area contributed by atoms with E-state index in [2.05, 4.69) is 20.3 Å². The second-order valence-electron chi connectivity index (χ2n) is 4.18. The van der Waals surface area contributed by atoms with E-state index >= 15 is 0 Å². The Morgan fingerprint density at radius 3 is 2.82 bits per heavy atom. The molecule has 0 radical (unpaired) electrons. The summed E-state index contributed by atoms with van der Waals surface area (Å²) in [5.74, 6) is 1.28. The molecule has 1 heterocycles. The number of rotatable bonds is 6. The molecule has 1 aromatic heterocycles. The van der Waals surface area contributed by atoms with Crippen molar-refractivity contribution in [3.63, 3.8) is 0 Å². The van der Waals surface area contributed by atoms with E-state index in [1.807, 2.05) is 6.92 Å². The van der Waals surface area contributed by atoms with Crippen LogP contribution in [-0.4, -0.2) is 28.1 Å². The molecule has 1 saturated carbocycles. The van der Waals surface area contributed by atoms with Gasteiger partial charge in [0, 0.05) is 6.54 Å². The molecule has 0 bridgehead atoms. The van der Waals surface area contributed by atoms with E-state index in [1.165, 1.54) is 19.3 Å². The minimum atomic E-state index is 0.162. The zero-order valence-electron chi connectivity index (χ0n) is 9.95. The first-order valence-corrected chi connectivity index (χ1v) is 6.44. The summed E-state index contributed by atoms with van der Waals surface area (Å²) in [4.78, 5) is 12.0. The molecule has 17 heavy (non-hydrogen) atoms. The number of hydrogen-bond acceptors (Lipinski definition) is 5. The smallest absolute Gasteiger partial charge is 0.322 e. The highest BCUT2D eigenvalue weighted by Crippen LogP contribution is 2.29. The average Bonchev–Trinajstić information content (AvgIpc) is 2.21. The van der Waals surface area contributed by atoms with Crippen LogP contribution in [0.1, 0.15) is 32.6 Å². The minimum Gasteiger partial charge on any atom is -0.463 e. The summed E-state index contributed by atoms with van der Waals surface area (Å²) in [6.45, 7) is 3.35. The van der Waals surface area contributed by atoms with Gasteiger partial charge in [0.1, 0.15) is 0 Å². The first-order chi connectivity index (χ1) is 8.28. The summed E-state index contributed by atoms with van der Waals surface area (Å²) in [6, 6.07) is 0.306. The van der Waals surface area contributed by atoms with Crippen molar-refractivity contribution in [3.05, 3.63) is 5.28 Å². The van der Waals surface area contributed by atoms with Gasteiger partial charge in [-0.1, -0.05) is 19.3 Å². The fourth-order valence-electron chi connectivity index (χ4n) is 1.73. The van der Waals surface area contributed by atoms with Gasteiger partial charge in [-0.3, -0.25) is 0 Å². The van der Waals surface area contributed by atoms with Gasteiger partial charge >= 0.3 is 6.01 Å². The monoisotopic (exact) mass is 256 g/mol. The largest absolute Gasteiger partial charge is 0.463 e. The van der Waals surface area contributed by atoms with E-state index in [-0.39, 0.29) is 5.28 Å². The molecule has 0 spiro atoms. The van der Waals surface area contributed by atoms with Gasteiger partial charge in [0.25, 0.3) is 0 Å². The SMILES string of the molecule is CCNc1nc(Cl)nc(OCCC2CCC2)n1. The van der Waals surface area contributed by atoms with E-state index in [9.17, 15) is 0 Å². The highest BCUT2D eigenvalue weighted by atomic mass is 35.5. The van der Waals surface area contributed by atoms with Gasteiger partial charge < -0.3 is 10.1 Å². The molecular formula is C11H17ClN4O. The van der Waals surface area contributed by atoms with Crippen molar-refractivity contribution in [3.8, 4) is 6.01 Å². The lowest BCUT2D eigenvalue weighted by Gasteiger charge is -2.24. The first-order valence-electron chi connectivity index (χ1n) is 6.06. The summed E-state index contributed by atoms with van der Waals surface area (Å²) in [6.07, 6.45) is 5.07. The van der Waals surface area contributed by atoms with Crippen LogP contribution >= 0.6 is 11.6 Å². The molecule has 0 atom stereocenters. The topological polar surface area (TPSA) is 59.9 Å². The van der Waals surface area contributed by atoms with Crippen molar-refractivity contribution >= 4 is 17.5 Å². The summed E-state index contributed by atoms with van der Waals surface area (Å²) < 4.78 is 5.49. The van der Waals surface area contributed by atoms with Crippen molar-refractivity contribution < 1.29 is 4.74 Å². The van der Waals surface area contributed by atoms with Crippen molar-refractivity contribution in [2.24, 2.45) is 5.92 Å². The highest BCUT2D eigenvalue weighted by Gasteiger charge is 2.17. The maximum atomic E-state index is 5.78. The lowest BCUT2D eigenvalue weighted by Crippen LogP contribution is -2.15. The van der Waals surface area contributed by atoms with E-state index in [0.717, 1.165) is 18.9 Å². The third kappa shape index (κ3) is 3.70. The Kier molecular flexibility index (Phi) is 4.36. The summed E-state index contributed by atoms with van der Waals surface area (Å²) in [5, 5.41) is 3.15. The maximum absolute atomic E-state index is 5.78. The van der Waals surface area contributed by atoms with Crippen molar-refractivity contribution in [2.45, 2.75) is 32.6 Å². The van der Waals surface area contributed by atoms with E-state index in [0.29, 0.717) is 18.6 Å². The minimum absolute atomic E-state index is 0.162. The van der Waals surface area contributed by atoms with Crippen LogP contribution in [0.4, 0.5) is 5.95 Å². The molecule has 0 saturated heterocycles. The van der Waals surface area contributed by atoms with Crippen LogP contribution in [0.3, 0.4) is 0 Å². The lowest BCUT2D eigenvalue weighted by molar-refractivity contribution is 0.212. The molecule has 1 aromatic rings. The summed E-state index contributed by atoms with van der Waals surface area (Å²) in [5.41, 5.74) is 0. The quantitative estimate of drug-likeness (QED) is 0.848. The molecule has 1 aliphatic carbocycles. The number of hydrogen-bond donors (Lipinski definition) is 1. The molecule has 94 valence electrons. The van der Waals surface area contributed by atoms with Crippen LogP contribution in [0.25, 0.3) is 0 Å². The number of halogens is 1.